The molecule has 1 aliphatic heterocycles. The van der Waals surface area contributed by atoms with Crippen molar-refractivity contribution in [1.29, 1.82) is 0 Å². The number of nitrogens with zero attached hydrogens (tertiary/aromatic N) is 1. The van der Waals surface area contributed by atoms with Crippen molar-refractivity contribution in [2.75, 3.05) is 13.7 Å². The van der Waals surface area contributed by atoms with Gasteiger partial charge in [-0.05, 0) is 31.5 Å². The van der Waals surface area contributed by atoms with E-state index < -0.39 is 0 Å². The lowest BCUT2D eigenvalue weighted by atomic mass is 10.0. The lowest BCUT2D eigenvalue weighted by Crippen LogP contribution is -2.31. The van der Waals surface area contributed by atoms with Crippen molar-refractivity contribution in [2.24, 2.45) is 0 Å². The fourth-order valence-electron chi connectivity index (χ4n) is 2.92. The Balaban J connectivity index is 1.62. The summed E-state index contributed by atoms with van der Waals surface area (Å²) in [6.45, 7) is 4.48. The minimum Gasteiger partial charge on any atom is -0.483 e. The van der Waals surface area contributed by atoms with Crippen LogP contribution in [0.2, 0.25) is 5.02 Å². The molecule has 0 spiro atoms. The van der Waals surface area contributed by atoms with Gasteiger partial charge in [0.05, 0.1) is 0 Å². The van der Waals surface area contributed by atoms with Gasteiger partial charge in [-0.25, -0.2) is 0 Å². The predicted octanol–water partition coefficient (Wildman–Crippen LogP) is 4.09. The van der Waals surface area contributed by atoms with Gasteiger partial charge < -0.3 is 14.4 Å². The van der Waals surface area contributed by atoms with Gasteiger partial charge >= 0.3 is 0 Å². The number of hydrogen-bond donors (Lipinski definition) is 0. The molecule has 0 saturated heterocycles. The van der Waals surface area contributed by atoms with Gasteiger partial charge in [0.1, 0.15) is 5.60 Å². The molecule has 2 aromatic carbocycles. The number of hydrogen-bond acceptors (Lipinski definition) is 3. The summed E-state index contributed by atoms with van der Waals surface area (Å²) in [6.07, 6.45) is 0.833. The van der Waals surface area contributed by atoms with Gasteiger partial charge in [0.2, 0.25) is 0 Å². The number of carbonyl (C=O) groups excluding carboxylic acids is 1. The quantitative estimate of drug-likeness (QED) is 0.807. The average molecular weight is 360 g/mol. The van der Waals surface area contributed by atoms with Gasteiger partial charge in [0.15, 0.2) is 18.1 Å². The van der Waals surface area contributed by atoms with Crippen LogP contribution in [-0.2, 0) is 17.8 Å². The largest absolute Gasteiger partial charge is 0.483 e. The molecule has 0 unspecified atom stereocenters. The first-order valence-corrected chi connectivity index (χ1v) is 8.64. The van der Waals surface area contributed by atoms with Crippen LogP contribution in [0, 0.1) is 0 Å². The second kappa shape index (κ2) is 6.96. The summed E-state index contributed by atoms with van der Waals surface area (Å²) in [5.41, 5.74) is 1.78. The molecule has 132 valence electrons. The zero-order valence-electron chi connectivity index (χ0n) is 14.7. The zero-order chi connectivity index (χ0) is 18.0. The fraction of sp³-hybridized carbons (Fsp3) is 0.350. The maximum Gasteiger partial charge on any atom is 0.260 e. The van der Waals surface area contributed by atoms with Gasteiger partial charge in [0.25, 0.3) is 5.91 Å². The lowest BCUT2D eigenvalue weighted by molar-refractivity contribution is -0.132. The average Bonchev–Trinajstić information content (AvgIpc) is 2.89. The number of halogens is 1. The molecule has 1 amide bonds. The van der Waals surface area contributed by atoms with Crippen molar-refractivity contribution in [1.82, 2.24) is 4.90 Å². The highest BCUT2D eigenvalue weighted by molar-refractivity contribution is 6.31. The first-order valence-electron chi connectivity index (χ1n) is 8.27. The predicted molar refractivity (Wildman–Crippen MR) is 98.3 cm³/mol. The van der Waals surface area contributed by atoms with Crippen molar-refractivity contribution in [3.63, 3.8) is 0 Å². The van der Waals surface area contributed by atoms with E-state index in [9.17, 15) is 4.79 Å². The summed E-state index contributed by atoms with van der Waals surface area (Å²) < 4.78 is 11.7. The smallest absolute Gasteiger partial charge is 0.260 e. The van der Waals surface area contributed by atoms with Gasteiger partial charge in [-0.3, -0.25) is 4.79 Å². The lowest BCUT2D eigenvalue weighted by Gasteiger charge is -2.20. The van der Waals surface area contributed by atoms with Crippen LogP contribution in [0.5, 0.6) is 11.5 Å². The summed E-state index contributed by atoms with van der Waals surface area (Å²) in [6, 6.07) is 13.3. The number of ether oxygens (including phenoxy) is 2. The van der Waals surface area contributed by atoms with Crippen molar-refractivity contribution in [3.8, 4) is 11.5 Å². The van der Waals surface area contributed by atoms with Gasteiger partial charge in [-0.1, -0.05) is 41.9 Å². The summed E-state index contributed by atoms with van der Waals surface area (Å²) in [5, 5.41) is 0.652. The molecule has 0 aromatic heterocycles. The van der Waals surface area contributed by atoms with Crippen LogP contribution in [0.4, 0.5) is 0 Å². The Morgan fingerprint density at radius 2 is 2.00 bits per heavy atom. The number of rotatable bonds is 5. The highest BCUT2D eigenvalue weighted by Gasteiger charge is 2.32. The van der Waals surface area contributed by atoms with Crippen molar-refractivity contribution in [3.05, 3.63) is 58.6 Å². The topological polar surface area (TPSA) is 38.8 Å². The van der Waals surface area contributed by atoms with E-state index in [1.165, 1.54) is 0 Å². The van der Waals surface area contributed by atoms with Crippen LogP contribution in [0.15, 0.2) is 42.5 Å². The Morgan fingerprint density at radius 3 is 2.76 bits per heavy atom. The standard InChI is InChI=1S/C20H22ClNO3/c1-20(2)11-14-8-6-10-17(19(14)25-20)24-13-18(23)22(3)12-15-7-4-5-9-16(15)21/h4-10H,11-13H2,1-3H3. The van der Waals surface area contributed by atoms with E-state index in [1.54, 1.807) is 11.9 Å². The third-order valence-corrected chi connectivity index (χ3v) is 4.57. The molecule has 0 radical (unpaired) electrons. The molecule has 5 heteroatoms. The Labute approximate surface area is 153 Å². The Morgan fingerprint density at radius 1 is 1.24 bits per heavy atom. The molecule has 3 rings (SSSR count). The van der Waals surface area contributed by atoms with E-state index in [4.69, 9.17) is 21.1 Å². The van der Waals surface area contributed by atoms with Crippen LogP contribution >= 0.6 is 11.6 Å². The molecule has 2 aromatic rings. The van der Waals surface area contributed by atoms with Crippen molar-refractivity contribution >= 4 is 17.5 Å². The molecule has 1 aliphatic rings. The molecule has 0 fully saturated rings. The minimum atomic E-state index is -0.243. The Bertz CT molecular complexity index is 788. The van der Waals surface area contributed by atoms with E-state index in [0.717, 1.165) is 23.3 Å². The summed E-state index contributed by atoms with van der Waals surface area (Å²) in [7, 11) is 1.74. The van der Waals surface area contributed by atoms with Gasteiger partial charge in [-0.2, -0.15) is 0 Å². The number of carbonyl (C=O) groups is 1. The maximum atomic E-state index is 12.4. The summed E-state index contributed by atoms with van der Waals surface area (Å²) in [4.78, 5) is 14.0. The first-order chi connectivity index (χ1) is 11.9. The second-order valence-electron chi connectivity index (χ2n) is 6.91. The number of benzene rings is 2. The van der Waals surface area contributed by atoms with E-state index in [1.807, 2.05) is 56.3 Å². The van der Waals surface area contributed by atoms with Crippen LogP contribution < -0.4 is 9.47 Å². The third-order valence-electron chi connectivity index (χ3n) is 4.20. The van der Waals surface area contributed by atoms with Crippen molar-refractivity contribution < 1.29 is 14.3 Å². The highest BCUT2D eigenvalue weighted by atomic mass is 35.5. The van der Waals surface area contributed by atoms with E-state index in [-0.39, 0.29) is 18.1 Å². The number of amides is 1. The highest BCUT2D eigenvalue weighted by Crippen LogP contribution is 2.41. The Hall–Kier alpha value is -2.20. The fourth-order valence-corrected chi connectivity index (χ4v) is 3.12. The monoisotopic (exact) mass is 359 g/mol. The van der Waals surface area contributed by atoms with Crippen LogP contribution in [0.3, 0.4) is 0 Å². The number of likely N-dealkylation sites (N-methyl/N-ethyl adjacent to an activating group) is 1. The van der Waals surface area contributed by atoms with Crippen molar-refractivity contribution in [2.45, 2.75) is 32.4 Å². The van der Waals surface area contributed by atoms with Gasteiger partial charge in [-0.15, -0.1) is 0 Å². The maximum absolute atomic E-state index is 12.4. The third kappa shape index (κ3) is 4.07. The summed E-state index contributed by atoms with van der Waals surface area (Å²) >= 11 is 6.15. The second-order valence-corrected chi connectivity index (χ2v) is 7.32. The van der Waals surface area contributed by atoms with Gasteiger partial charge in [0, 0.05) is 30.6 Å². The van der Waals surface area contributed by atoms with E-state index in [2.05, 4.69) is 0 Å². The number of fused-ring (bicyclic) bond motifs is 1. The molecular formula is C20H22ClNO3. The Kier molecular flexibility index (Phi) is 4.91. The molecule has 0 N–H and O–H groups in total. The molecule has 0 aliphatic carbocycles. The molecule has 0 atom stereocenters. The molecule has 1 heterocycles. The van der Waals surface area contributed by atoms with Crippen LogP contribution in [0.25, 0.3) is 0 Å². The molecular weight excluding hydrogens is 338 g/mol. The number of para-hydroxylation sites is 1. The minimum absolute atomic E-state index is 0.0405. The van der Waals surface area contributed by atoms with E-state index in [0.29, 0.717) is 17.3 Å². The zero-order valence-corrected chi connectivity index (χ0v) is 15.5. The molecule has 25 heavy (non-hydrogen) atoms. The van der Waals surface area contributed by atoms with Crippen LogP contribution in [-0.4, -0.2) is 30.1 Å². The normalized spacial score (nSPS) is 14.6. The van der Waals surface area contributed by atoms with E-state index >= 15 is 0 Å². The summed E-state index contributed by atoms with van der Waals surface area (Å²) in [5.74, 6) is 1.24. The molecule has 0 saturated carbocycles. The SMILES string of the molecule is CN(Cc1ccccc1Cl)C(=O)COc1cccc2c1OC(C)(C)C2. The molecule has 0 bridgehead atoms. The first kappa shape index (κ1) is 17.6. The molecule has 4 nitrogen and oxygen atoms in total. The van der Waals surface area contributed by atoms with Crippen LogP contribution in [0.1, 0.15) is 25.0 Å².